The highest BCUT2D eigenvalue weighted by Crippen LogP contribution is 2.12. The van der Waals surface area contributed by atoms with E-state index in [1.165, 1.54) is 5.56 Å². The quantitative estimate of drug-likeness (QED) is 0.824. The van der Waals surface area contributed by atoms with E-state index >= 15 is 0 Å². The average Bonchev–Trinajstić information content (AvgIpc) is 2.69. The zero-order valence-electron chi connectivity index (χ0n) is 9.30. The van der Waals surface area contributed by atoms with Gasteiger partial charge < -0.3 is 5.73 Å². The third-order valence-corrected chi connectivity index (χ3v) is 2.53. The van der Waals surface area contributed by atoms with E-state index in [1.54, 1.807) is 23.3 Å². The minimum absolute atomic E-state index is 0.704. The fourth-order valence-corrected chi connectivity index (χ4v) is 1.61. The molecule has 0 amide bonds. The van der Waals surface area contributed by atoms with Crippen LogP contribution in [0, 0.1) is 6.92 Å². The molecule has 5 heteroatoms. The third kappa shape index (κ3) is 2.09. The lowest BCUT2D eigenvalue weighted by Crippen LogP contribution is -2.03. The van der Waals surface area contributed by atoms with Gasteiger partial charge in [0.05, 0.1) is 12.4 Å². The first kappa shape index (κ1) is 10.8. The van der Waals surface area contributed by atoms with Crippen molar-refractivity contribution in [3.8, 4) is 5.82 Å². The van der Waals surface area contributed by atoms with E-state index in [-0.39, 0.29) is 0 Å². The van der Waals surface area contributed by atoms with Crippen molar-refractivity contribution in [1.82, 2.24) is 19.7 Å². The van der Waals surface area contributed by atoms with Crippen molar-refractivity contribution in [3.05, 3.63) is 36.0 Å². The van der Waals surface area contributed by atoms with Crippen LogP contribution in [-0.2, 0) is 6.42 Å². The van der Waals surface area contributed by atoms with Crippen molar-refractivity contribution in [2.24, 2.45) is 5.73 Å². The number of hydrogen-bond acceptors (Lipinski definition) is 4. The van der Waals surface area contributed by atoms with Crippen LogP contribution in [0.5, 0.6) is 0 Å². The highest BCUT2D eigenvalue weighted by atomic mass is 15.3. The minimum Gasteiger partial charge on any atom is -0.330 e. The molecule has 2 heterocycles. The number of nitrogens with zero attached hydrogens (tertiary/aromatic N) is 4. The van der Waals surface area contributed by atoms with Gasteiger partial charge in [-0.2, -0.15) is 5.10 Å². The first-order chi connectivity index (χ1) is 7.83. The van der Waals surface area contributed by atoms with Crippen LogP contribution in [0.3, 0.4) is 0 Å². The molecule has 2 aromatic rings. The second-order valence-electron chi connectivity index (χ2n) is 3.62. The Morgan fingerprint density at radius 2 is 2.19 bits per heavy atom. The average molecular weight is 217 g/mol. The van der Waals surface area contributed by atoms with Gasteiger partial charge in [0.1, 0.15) is 0 Å². The molecule has 0 aliphatic carbocycles. The maximum atomic E-state index is 5.49. The molecule has 0 spiro atoms. The predicted octanol–water partition coefficient (Wildman–Crippen LogP) is 0.862. The Kier molecular flexibility index (Phi) is 3.26. The molecule has 2 aromatic heterocycles. The second kappa shape index (κ2) is 4.85. The molecule has 5 nitrogen and oxygen atoms in total. The number of nitrogens with two attached hydrogens (primary N) is 1. The van der Waals surface area contributed by atoms with E-state index in [0.29, 0.717) is 6.54 Å². The lowest BCUT2D eigenvalue weighted by molar-refractivity contribution is 0.796. The molecule has 0 aliphatic heterocycles. The lowest BCUT2D eigenvalue weighted by Gasteiger charge is -2.03. The summed E-state index contributed by atoms with van der Waals surface area (Å²) in [5.41, 5.74) is 7.82. The number of aryl methyl sites for hydroxylation is 1. The molecule has 0 fully saturated rings. The van der Waals surface area contributed by atoms with Crippen LogP contribution in [0.1, 0.15) is 17.7 Å². The van der Waals surface area contributed by atoms with Gasteiger partial charge in [0, 0.05) is 18.1 Å². The summed E-state index contributed by atoms with van der Waals surface area (Å²) in [6.45, 7) is 2.74. The van der Waals surface area contributed by atoms with E-state index in [0.717, 1.165) is 24.4 Å². The Labute approximate surface area is 94.3 Å². The molecular weight excluding hydrogens is 202 g/mol. The van der Waals surface area contributed by atoms with Gasteiger partial charge in [-0.3, -0.25) is 4.98 Å². The maximum absolute atomic E-state index is 5.49. The van der Waals surface area contributed by atoms with Crippen LogP contribution < -0.4 is 5.73 Å². The SMILES string of the molecule is Cc1c(CCCN)cnn1-c1cnccn1. The Bertz CT molecular complexity index is 449. The summed E-state index contributed by atoms with van der Waals surface area (Å²) < 4.78 is 1.80. The molecule has 16 heavy (non-hydrogen) atoms. The van der Waals surface area contributed by atoms with Gasteiger partial charge in [-0.05, 0) is 31.9 Å². The molecule has 0 aliphatic rings. The molecule has 0 bridgehead atoms. The summed E-state index contributed by atoms with van der Waals surface area (Å²) in [7, 11) is 0. The standard InChI is InChI=1S/C11H15N5/c1-9-10(3-2-4-12)7-15-16(9)11-8-13-5-6-14-11/h5-8H,2-4,12H2,1H3. The smallest absolute Gasteiger partial charge is 0.172 e. The van der Waals surface area contributed by atoms with Crippen molar-refractivity contribution in [2.45, 2.75) is 19.8 Å². The molecule has 0 saturated carbocycles. The van der Waals surface area contributed by atoms with E-state index < -0.39 is 0 Å². The fourth-order valence-electron chi connectivity index (χ4n) is 1.61. The van der Waals surface area contributed by atoms with Crippen LogP contribution >= 0.6 is 0 Å². The highest BCUT2D eigenvalue weighted by Gasteiger charge is 2.08. The maximum Gasteiger partial charge on any atom is 0.172 e. The summed E-state index contributed by atoms with van der Waals surface area (Å²) >= 11 is 0. The van der Waals surface area contributed by atoms with Crippen molar-refractivity contribution in [1.29, 1.82) is 0 Å². The first-order valence-electron chi connectivity index (χ1n) is 5.33. The Balaban J connectivity index is 2.27. The predicted molar refractivity (Wildman–Crippen MR) is 61.3 cm³/mol. The summed E-state index contributed by atoms with van der Waals surface area (Å²) in [4.78, 5) is 8.25. The molecule has 2 N–H and O–H groups in total. The van der Waals surface area contributed by atoms with Gasteiger partial charge in [0.2, 0.25) is 0 Å². The van der Waals surface area contributed by atoms with Crippen LogP contribution in [0.4, 0.5) is 0 Å². The Hall–Kier alpha value is -1.75. The van der Waals surface area contributed by atoms with Gasteiger partial charge in [0.25, 0.3) is 0 Å². The van der Waals surface area contributed by atoms with Crippen LogP contribution in [-0.4, -0.2) is 26.3 Å². The van der Waals surface area contributed by atoms with Gasteiger partial charge >= 0.3 is 0 Å². The zero-order chi connectivity index (χ0) is 11.4. The molecule has 0 saturated heterocycles. The minimum atomic E-state index is 0.704. The molecular formula is C11H15N5. The van der Waals surface area contributed by atoms with E-state index in [2.05, 4.69) is 15.1 Å². The summed E-state index contributed by atoms with van der Waals surface area (Å²) in [5, 5.41) is 4.31. The van der Waals surface area contributed by atoms with E-state index in [1.807, 2.05) is 13.1 Å². The number of aromatic nitrogens is 4. The van der Waals surface area contributed by atoms with Gasteiger partial charge in [-0.15, -0.1) is 0 Å². The largest absolute Gasteiger partial charge is 0.330 e. The second-order valence-corrected chi connectivity index (χ2v) is 3.62. The van der Waals surface area contributed by atoms with Crippen LogP contribution in [0.25, 0.3) is 5.82 Å². The first-order valence-corrected chi connectivity index (χ1v) is 5.33. The fraction of sp³-hybridized carbons (Fsp3) is 0.364. The van der Waals surface area contributed by atoms with Gasteiger partial charge in [-0.1, -0.05) is 0 Å². The van der Waals surface area contributed by atoms with Crippen LogP contribution in [0.15, 0.2) is 24.8 Å². The van der Waals surface area contributed by atoms with Gasteiger partial charge in [0.15, 0.2) is 5.82 Å². The van der Waals surface area contributed by atoms with Crippen molar-refractivity contribution < 1.29 is 0 Å². The highest BCUT2D eigenvalue weighted by molar-refractivity contribution is 5.26. The Morgan fingerprint density at radius 3 is 2.88 bits per heavy atom. The van der Waals surface area contributed by atoms with Crippen molar-refractivity contribution in [2.75, 3.05) is 6.54 Å². The summed E-state index contributed by atoms with van der Waals surface area (Å²) in [5.74, 6) is 0.749. The molecule has 0 aromatic carbocycles. The van der Waals surface area contributed by atoms with Crippen molar-refractivity contribution in [3.63, 3.8) is 0 Å². The third-order valence-electron chi connectivity index (χ3n) is 2.53. The molecule has 84 valence electrons. The number of hydrogen-bond donors (Lipinski definition) is 1. The molecule has 0 radical (unpaired) electrons. The molecule has 2 rings (SSSR count). The molecule has 0 unspecified atom stereocenters. The van der Waals surface area contributed by atoms with E-state index in [4.69, 9.17) is 5.73 Å². The monoisotopic (exact) mass is 217 g/mol. The number of rotatable bonds is 4. The van der Waals surface area contributed by atoms with Gasteiger partial charge in [-0.25, -0.2) is 9.67 Å². The molecule has 0 atom stereocenters. The van der Waals surface area contributed by atoms with Crippen LogP contribution in [0.2, 0.25) is 0 Å². The Morgan fingerprint density at radius 1 is 1.31 bits per heavy atom. The van der Waals surface area contributed by atoms with Crippen molar-refractivity contribution >= 4 is 0 Å². The van der Waals surface area contributed by atoms with E-state index in [9.17, 15) is 0 Å². The summed E-state index contributed by atoms with van der Waals surface area (Å²) in [6, 6.07) is 0. The normalized spacial score (nSPS) is 10.6. The topological polar surface area (TPSA) is 69.6 Å². The lowest BCUT2D eigenvalue weighted by atomic mass is 10.1. The summed E-state index contributed by atoms with van der Waals surface area (Å²) in [6.07, 6.45) is 8.83. The zero-order valence-corrected chi connectivity index (χ0v) is 9.30.